The van der Waals surface area contributed by atoms with E-state index in [4.69, 9.17) is 0 Å². The second-order valence-electron chi connectivity index (χ2n) is 9.69. The molecule has 1 aliphatic carbocycles. The van der Waals surface area contributed by atoms with Crippen LogP contribution < -0.4 is 29.7 Å². The first-order valence-electron chi connectivity index (χ1n) is 12.3. The number of benzene rings is 3. The number of rotatable bonds is 3. The zero-order valence-electron chi connectivity index (χ0n) is 22.3. The van der Waals surface area contributed by atoms with Crippen molar-refractivity contribution >= 4 is 30.5 Å². The summed E-state index contributed by atoms with van der Waals surface area (Å²) in [5, 5.41) is 2.69. The Balaban J connectivity index is 0.000000250. The minimum absolute atomic E-state index is 0. The Morgan fingerprint density at radius 3 is 2.13 bits per heavy atom. The van der Waals surface area contributed by atoms with E-state index in [0.717, 1.165) is 0 Å². The van der Waals surface area contributed by atoms with Crippen molar-refractivity contribution in [3.05, 3.63) is 132 Å². The molecule has 0 saturated carbocycles. The summed E-state index contributed by atoms with van der Waals surface area (Å²) in [6.45, 7) is 9.00. The number of hydrogen-bond donors (Lipinski definition) is 0. The molecular formula is C33H32Cl2NSiZr. The number of aryl methyl sites for hydroxylation is 1. The van der Waals surface area contributed by atoms with Gasteiger partial charge in [0.1, 0.15) is 0 Å². The first kappa shape index (κ1) is 32.1. The topological polar surface area (TPSA) is 3.24 Å². The molecule has 1 unspecified atom stereocenters. The van der Waals surface area contributed by atoms with Gasteiger partial charge in [0.2, 0.25) is 0 Å². The molecule has 4 aromatic rings. The van der Waals surface area contributed by atoms with Crippen LogP contribution in [0.25, 0.3) is 21.9 Å². The Kier molecular flexibility index (Phi) is 12.1. The van der Waals surface area contributed by atoms with Crippen LogP contribution in [-0.4, -0.2) is 20.1 Å². The van der Waals surface area contributed by atoms with Crippen molar-refractivity contribution in [2.75, 3.05) is 4.90 Å². The third-order valence-corrected chi connectivity index (χ3v) is 7.48. The summed E-state index contributed by atoms with van der Waals surface area (Å²) in [5.74, 6) is 0. The molecule has 1 aliphatic heterocycles. The van der Waals surface area contributed by atoms with Crippen molar-refractivity contribution in [2.45, 2.75) is 33.0 Å². The summed E-state index contributed by atoms with van der Waals surface area (Å²) in [4.78, 5) is 2.46. The second-order valence-corrected chi connectivity index (χ2v) is 12.2. The van der Waals surface area contributed by atoms with Crippen LogP contribution in [0.5, 0.6) is 0 Å². The Hall–Kier alpha value is -2.16. The molecule has 5 heteroatoms. The largest absolute Gasteiger partial charge is 3.00 e. The van der Waals surface area contributed by atoms with Gasteiger partial charge in [-0.2, -0.15) is 6.07 Å². The Morgan fingerprint density at radius 1 is 0.816 bits per heavy atom. The molecule has 0 N–H and O–H groups in total. The summed E-state index contributed by atoms with van der Waals surface area (Å²) in [6.07, 6.45) is 6.98. The maximum absolute atomic E-state index is 2.51. The van der Waals surface area contributed by atoms with E-state index in [1.54, 1.807) is 0 Å². The Bertz CT molecular complexity index is 1480. The van der Waals surface area contributed by atoms with E-state index in [9.17, 15) is 0 Å². The molecule has 0 aromatic heterocycles. The molecule has 1 heterocycles. The molecule has 2 aliphatic rings. The second kappa shape index (κ2) is 14.3. The van der Waals surface area contributed by atoms with Gasteiger partial charge in [0.25, 0.3) is 0 Å². The summed E-state index contributed by atoms with van der Waals surface area (Å²) >= 11 is 0. The van der Waals surface area contributed by atoms with E-state index in [0.29, 0.717) is 6.04 Å². The third kappa shape index (κ3) is 7.07. The summed E-state index contributed by atoms with van der Waals surface area (Å²) in [5.41, 5.74) is 11.8. The standard InChI is InChI=1S/C17H19NSi.C16H13.2ClH.Zr/c1-13-9-14-11-16(12-19(2)3)18(17(14)10-13)15-7-5-4-6-8-15;1-12-10-14-8-5-9-15(16(14)11-12)13-6-3-2-4-7-13;;;/h4-12,16H,1-3H3;2-11H,1H3;2*1H;/q;-1;;;+3/p-2. The Labute approximate surface area is 260 Å². The average Bonchev–Trinajstić information content (AvgIpc) is 3.50. The predicted molar refractivity (Wildman–Crippen MR) is 156 cm³/mol. The normalized spacial score (nSPS) is 14.9. The van der Waals surface area contributed by atoms with Gasteiger partial charge < -0.3 is 29.7 Å². The summed E-state index contributed by atoms with van der Waals surface area (Å²) < 4.78 is 0. The number of hydrogen-bond acceptors (Lipinski definition) is 1. The molecule has 38 heavy (non-hydrogen) atoms. The van der Waals surface area contributed by atoms with E-state index < -0.39 is 0 Å². The van der Waals surface area contributed by atoms with Crippen molar-refractivity contribution < 1.29 is 51.0 Å². The van der Waals surface area contributed by atoms with Gasteiger partial charge in [-0.1, -0.05) is 91.9 Å². The smallest absolute Gasteiger partial charge is 1.00 e. The summed E-state index contributed by atoms with van der Waals surface area (Å²) in [7, 11) is -0.360. The van der Waals surface area contributed by atoms with Crippen LogP contribution in [0.3, 0.4) is 0 Å². The van der Waals surface area contributed by atoms with Crippen LogP contribution in [0.2, 0.25) is 13.1 Å². The Morgan fingerprint density at radius 2 is 1.47 bits per heavy atom. The quantitative estimate of drug-likeness (QED) is 0.248. The van der Waals surface area contributed by atoms with Crippen LogP contribution in [-0.2, 0) is 26.2 Å². The van der Waals surface area contributed by atoms with Crippen LogP contribution in [0.4, 0.5) is 5.69 Å². The van der Waals surface area contributed by atoms with Crippen molar-refractivity contribution in [1.29, 1.82) is 0 Å². The number of halogens is 2. The monoisotopic (exact) mass is 630 g/mol. The van der Waals surface area contributed by atoms with Crippen molar-refractivity contribution in [2.24, 2.45) is 0 Å². The molecule has 1 nitrogen and oxygen atoms in total. The van der Waals surface area contributed by atoms with Gasteiger partial charge >= 0.3 is 26.2 Å². The minimum Gasteiger partial charge on any atom is -1.00 e. The van der Waals surface area contributed by atoms with Gasteiger partial charge in [0.05, 0.1) is 6.04 Å². The molecule has 6 rings (SSSR count). The van der Waals surface area contributed by atoms with E-state index >= 15 is 0 Å². The van der Waals surface area contributed by atoms with Gasteiger partial charge in [0.15, 0.2) is 0 Å². The van der Waals surface area contributed by atoms with Gasteiger partial charge in [-0.25, -0.2) is 0 Å². The van der Waals surface area contributed by atoms with Crippen LogP contribution >= 0.6 is 0 Å². The van der Waals surface area contributed by atoms with Crippen LogP contribution in [0, 0.1) is 6.92 Å². The fraction of sp³-hybridized carbons (Fsp3) is 0.152. The van der Waals surface area contributed by atoms with Crippen molar-refractivity contribution in [3.63, 3.8) is 0 Å². The molecule has 0 saturated heterocycles. The van der Waals surface area contributed by atoms with E-state index in [1.165, 1.54) is 50.0 Å². The van der Waals surface area contributed by atoms with Crippen molar-refractivity contribution in [1.82, 2.24) is 0 Å². The van der Waals surface area contributed by atoms with E-state index in [-0.39, 0.29) is 59.4 Å². The fourth-order valence-electron chi connectivity index (χ4n) is 5.04. The zero-order chi connectivity index (χ0) is 24.4. The number of anilines is 1. The molecule has 0 spiro atoms. The minimum atomic E-state index is -0.360. The van der Waals surface area contributed by atoms with E-state index in [2.05, 4.69) is 147 Å². The number of para-hydroxylation sites is 1. The average molecular weight is 633 g/mol. The third-order valence-electron chi connectivity index (χ3n) is 6.47. The molecule has 1 radical (unpaired) electrons. The van der Waals surface area contributed by atoms with Gasteiger partial charge in [-0.15, -0.1) is 34.5 Å². The molecule has 0 bridgehead atoms. The maximum Gasteiger partial charge on any atom is 3.00 e. The number of allylic oxidation sites excluding steroid dienone is 3. The molecule has 0 fully saturated rings. The maximum atomic E-state index is 2.51. The fourth-order valence-corrected chi connectivity index (χ4v) is 5.97. The predicted octanol–water partition coefficient (Wildman–Crippen LogP) is 2.32. The van der Waals surface area contributed by atoms with Crippen molar-refractivity contribution in [3.8, 4) is 11.1 Å². The first-order valence-corrected chi connectivity index (χ1v) is 14.9. The van der Waals surface area contributed by atoms with Gasteiger partial charge in [-0.3, -0.25) is 0 Å². The SMILES string of the molecule is CC1=CC2=CC(C=[Si](C)C)N(c3ccccc3)C2=C1.Cc1cc2c(-c3ccccc3)cccc2[cH-]1.[Cl-].[Cl-].[Zr+3]. The van der Waals surface area contributed by atoms with Gasteiger partial charge in [0, 0.05) is 19.8 Å². The first-order chi connectivity index (χ1) is 17.0. The molecule has 0 amide bonds. The number of fused-ring (bicyclic) bond motifs is 2. The van der Waals surface area contributed by atoms with E-state index in [1.807, 2.05) is 0 Å². The zero-order valence-corrected chi connectivity index (χ0v) is 27.2. The summed E-state index contributed by atoms with van der Waals surface area (Å²) in [6, 6.07) is 32.7. The molecule has 1 atom stereocenters. The van der Waals surface area contributed by atoms with Crippen LogP contribution in [0.1, 0.15) is 12.5 Å². The van der Waals surface area contributed by atoms with Crippen LogP contribution in [0.15, 0.2) is 126 Å². The van der Waals surface area contributed by atoms with Gasteiger partial charge in [-0.05, 0) is 47.9 Å². The number of nitrogens with zero attached hydrogens (tertiary/aromatic N) is 1. The molecular weight excluding hydrogens is 601 g/mol. The molecule has 191 valence electrons. The molecule has 4 aromatic carbocycles.